The highest BCUT2D eigenvalue weighted by atomic mass is 32.2. The molecule has 0 saturated heterocycles. The monoisotopic (exact) mass is 294 g/mol. The van der Waals surface area contributed by atoms with Gasteiger partial charge in [0.25, 0.3) is 0 Å². The van der Waals surface area contributed by atoms with Crippen LogP contribution in [0.3, 0.4) is 0 Å². The van der Waals surface area contributed by atoms with Crippen molar-refractivity contribution in [2.24, 2.45) is 10.8 Å². The third-order valence-electron chi connectivity index (χ3n) is 4.76. The third-order valence-corrected chi connectivity index (χ3v) is 5.30. The minimum absolute atomic E-state index is 0.300. The summed E-state index contributed by atoms with van der Waals surface area (Å²) in [6.07, 6.45) is 3.10. The van der Waals surface area contributed by atoms with E-state index in [1.807, 2.05) is 12.3 Å². The first kappa shape index (κ1) is 15.4. The number of hydrogen-bond donors (Lipinski definition) is 2. The fraction of sp³-hybridized carbons (Fsp3) is 0.733. The largest absolute Gasteiger partial charge is 0.370 e. The van der Waals surface area contributed by atoms with Gasteiger partial charge in [-0.05, 0) is 23.5 Å². The van der Waals surface area contributed by atoms with E-state index in [1.165, 1.54) is 0 Å². The summed E-state index contributed by atoms with van der Waals surface area (Å²) in [6, 6.07) is 2.47. The van der Waals surface area contributed by atoms with E-state index < -0.39 is 0 Å². The van der Waals surface area contributed by atoms with Crippen LogP contribution in [0.25, 0.3) is 0 Å². The normalized spacial score (nSPS) is 19.7. The van der Waals surface area contributed by atoms with E-state index >= 15 is 0 Å². The SMILES string of the molecule is CCCNc1cc(NC2C(C)(C)C2(C)C)nc(SC)n1. The van der Waals surface area contributed by atoms with Crippen LogP contribution in [-0.2, 0) is 0 Å². The van der Waals surface area contributed by atoms with Crippen molar-refractivity contribution >= 4 is 23.4 Å². The third kappa shape index (κ3) is 2.73. The van der Waals surface area contributed by atoms with Crippen molar-refractivity contribution in [2.45, 2.75) is 52.2 Å². The summed E-state index contributed by atoms with van der Waals surface area (Å²) in [7, 11) is 0. The van der Waals surface area contributed by atoms with Crippen LogP contribution in [0.2, 0.25) is 0 Å². The molecule has 0 unspecified atom stereocenters. The van der Waals surface area contributed by atoms with E-state index in [0.29, 0.717) is 16.9 Å². The number of nitrogens with one attached hydrogen (secondary N) is 2. The Bertz CT molecular complexity index is 471. The van der Waals surface area contributed by atoms with Gasteiger partial charge in [0, 0.05) is 18.7 Å². The molecule has 1 aliphatic rings. The summed E-state index contributed by atoms with van der Waals surface area (Å²) < 4.78 is 0. The lowest BCUT2D eigenvalue weighted by atomic mass is 10.0. The first-order valence-corrected chi connectivity index (χ1v) is 8.49. The first-order valence-electron chi connectivity index (χ1n) is 7.26. The predicted molar refractivity (Wildman–Crippen MR) is 87.6 cm³/mol. The van der Waals surface area contributed by atoms with Crippen LogP contribution in [0.5, 0.6) is 0 Å². The second-order valence-electron chi connectivity index (χ2n) is 6.57. The van der Waals surface area contributed by atoms with Gasteiger partial charge in [-0.25, -0.2) is 9.97 Å². The van der Waals surface area contributed by atoms with Crippen LogP contribution < -0.4 is 10.6 Å². The lowest BCUT2D eigenvalue weighted by Crippen LogP contribution is -2.13. The molecule has 0 bridgehead atoms. The molecule has 1 heterocycles. The van der Waals surface area contributed by atoms with E-state index in [9.17, 15) is 0 Å². The summed E-state index contributed by atoms with van der Waals surface area (Å²) in [4.78, 5) is 9.06. The summed E-state index contributed by atoms with van der Waals surface area (Å²) in [5, 5.41) is 7.73. The molecule has 112 valence electrons. The van der Waals surface area contributed by atoms with Gasteiger partial charge in [0.2, 0.25) is 0 Å². The highest BCUT2D eigenvalue weighted by molar-refractivity contribution is 7.98. The Morgan fingerprint density at radius 3 is 2.25 bits per heavy atom. The molecule has 2 rings (SSSR count). The average Bonchev–Trinajstić information content (AvgIpc) is 2.78. The van der Waals surface area contributed by atoms with Gasteiger partial charge in [0.05, 0.1) is 0 Å². The Hall–Kier alpha value is -0.970. The van der Waals surface area contributed by atoms with Gasteiger partial charge in [0.1, 0.15) is 11.6 Å². The van der Waals surface area contributed by atoms with E-state index in [2.05, 4.69) is 55.2 Å². The van der Waals surface area contributed by atoms with Crippen molar-refractivity contribution in [2.75, 3.05) is 23.4 Å². The minimum atomic E-state index is 0.300. The number of aromatic nitrogens is 2. The fourth-order valence-electron chi connectivity index (χ4n) is 2.64. The number of thioether (sulfide) groups is 1. The Labute approximate surface area is 126 Å². The molecule has 1 saturated carbocycles. The van der Waals surface area contributed by atoms with E-state index in [4.69, 9.17) is 0 Å². The van der Waals surface area contributed by atoms with Gasteiger partial charge < -0.3 is 10.6 Å². The maximum absolute atomic E-state index is 4.57. The summed E-state index contributed by atoms with van der Waals surface area (Å²) in [5.41, 5.74) is 0.600. The Kier molecular flexibility index (Phi) is 4.19. The zero-order valence-electron chi connectivity index (χ0n) is 13.4. The van der Waals surface area contributed by atoms with Crippen molar-refractivity contribution in [1.29, 1.82) is 0 Å². The maximum Gasteiger partial charge on any atom is 0.191 e. The molecule has 0 aromatic carbocycles. The topological polar surface area (TPSA) is 49.8 Å². The van der Waals surface area contributed by atoms with Crippen molar-refractivity contribution in [3.05, 3.63) is 6.07 Å². The van der Waals surface area contributed by atoms with E-state index in [0.717, 1.165) is 29.8 Å². The van der Waals surface area contributed by atoms with Crippen molar-refractivity contribution in [3.63, 3.8) is 0 Å². The second-order valence-corrected chi connectivity index (χ2v) is 7.35. The number of anilines is 2. The van der Waals surface area contributed by atoms with Crippen LogP contribution in [-0.4, -0.2) is 28.8 Å². The van der Waals surface area contributed by atoms with Crippen LogP contribution in [0, 0.1) is 10.8 Å². The molecule has 1 aromatic rings. The average molecular weight is 294 g/mol. The molecule has 1 aromatic heterocycles. The molecule has 20 heavy (non-hydrogen) atoms. The zero-order valence-corrected chi connectivity index (χ0v) is 14.2. The quantitative estimate of drug-likeness (QED) is 0.616. The Balaban J connectivity index is 2.15. The predicted octanol–water partition coefficient (Wildman–Crippen LogP) is 3.87. The van der Waals surface area contributed by atoms with Gasteiger partial charge in [-0.15, -0.1) is 0 Å². The molecular formula is C15H26N4S. The minimum Gasteiger partial charge on any atom is -0.370 e. The molecule has 0 spiro atoms. The molecule has 1 aliphatic carbocycles. The highest BCUT2D eigenvalue weighted by Gasteiger charge is 2.65. The van der Waals surface area contributed by atoms with Crippen LogP contribution in [0.15, 0.2) is 11.2 Å². The lowest BCUT2D eigenvalue weighted by Gasteiger charge is -2.11. The number of hydrogen-bond acceptors (Lipinski definition) is 5. The Morgan fingerprint density at radius 2 is 1.75 bits per heavy atom. The van der Waals surface area contributed by atoms with Crippen molar-refractivity contribution in [1.82, 2.24) is 9.97 Å². The van der Waals surface area contributed by atoms with Crippen LogP contribution >= 0.6 is 11.8 Å². The highest BCUT2D eigenvalue weighted by Crippen LogP contribution is 2.63. The van der Waals surface area contributed by atoms with Crippen LogP contribution in [0.4, 0.5) is 11.6 Å². The molecular weight excluding hydrogens is 268 g/mol. The van der Waals surface area contributed by atoms with Crippen LogP contribution in [0.1, 0.15) is 41.0 Å². The standard InChI is InChI=1S/C15H26N4S/c1-7-8-16-10-9-11(19-13(18-10)20-6)17-12-14(2,3)15(12,4)5/h9,12H,7-8H2,1-6H3,(H2,16,17,18,19). The molecule has 0 aliphatic heterocycles. The van der Waals surface area contributed by atoms with Crippen molar-refractivity contribution < 1.29 is 0 Å². The van der Waals surface area contributed by atoms with Gasteiger partial charge in [-0.1, -0.05) is 46.4 Å². The summed E-state index contributed by atoms with van der Waals surface area (Å²) >= 11 is 1.58. The number of nitrogens with zero attached hydrogens (tertiary/aromatic N) is 2. The molecule has 0 amide bonds. The number of rotatable bonds is 6. The van der Waals surface area contributed by atoms with E-state index in [1.54, 1.807) is 11.8 Å². The van der Waals surface area contributed by atoms with E-state index in [-0.39, 0.29) is 0 Å². The van der Waals surface area contributed by atoms with Gasteiger partial charge in [-0.3, -0.25) is 0 Å². The van der Waals surface area contributed by atoms with Gasteiger partial charge in [-0.2, -0.15) is 0 Å². The van der Waals surface area contributed by atoms with Gasteiger partial charge >= 0.3 is 0 Å². The lowest BCUT2D eigenvalue weighted by molar-refractivity contribution is 0.457. The molecule has 2 N–H and O–H groups in total. The Morgan fingerprint density at radius 1 is 1.15 bits per heavy atom. The maximum atomic E-state index is 4.57. The second kappa shape index (κ2) is 5.43. The fourth-order valence-corrected chi connectivity index (χ4v) is 3.02. The molecule has 0 radical (unpaired) electrons. The zero-order chi connectivity index (χ0) is 15.0. The summed E-state index contributed by atoms with van der Waals surface area (Å²) in [6.45, 7) is 12.3. The summed E-state index contributed by atoms with van der Waals surface area (Å²) in [5.74, 6) is 1.83. The smallest absolute Gasteiger partial charge is 0.191 e. The van der Waals surface area contributed by atoms with Gasteiger partial charge in [0.15, 0.2) is 5.16 Å². The molecule has 4 nitrogen and oxygen atoms in total. The molecule has 1 fully saturated rings. The first-order chi connectivity index (χ1) is 9.32. The molecule has 5 heteroatoms. The van der Waals surface area contributed by atoms with Crippen molar-refractivity contribution in [3.8, 4) is 0 Å². The molecule has 0 atom stereocenters.